The third-order valence-corrected chi connectivity index (χ3v) is 2.85. The van der Waals surface area contributed by atoms with Crippen molar-refractivity contribution in [2.75, 3.05) is 6.54 Å². The minimum Gasteiger partial charge on any atom is -0.489 e. The predicted molar refractivity (Wildman–Crippen MR) is 78.1 cm³/mol. The third-order valence-electron chi connectivity index (χ3n) is 2.62. The first-order chi connectivity index (χ1) is 10.1. The summed E-state index contributed by atoms with van der Waals surface area (Å²) in [5.41, 5.74) is 6.05. The van der Waals surface area contributed by atoms with Crippen LogP contribution in [0.15, 0.2) is 36.4 Å². The molecule has 5 heteroatoms. The molecule has 0 heterocycles. The molecule has 0 amide bonds. The Bertz CT molecular complexity index is 707. The first kappa shape index (κ1) is 15.3. The van der Waals surface area contributed by atoms with Crippen LogP contribution in [0, 0.1) is 23.5 Å². The van der Waals surface area contributed by atoms with Crippen LogP contribution in [0.1, 0.15) is 11.1 Å². The molecule has 0 spiro atoms. The summed E-state index contributed by atoms with van der Waals surface area (Å²) < 4.78 is 32.4. The van der Waals surface area contributed by atoms with Crippen LogP contribution in [0.4, 0.5) is 8.78 Å². The van der Waals surface area contributed by atoms with Gasteiger partial charge in [-0.2, -0.15) is 0 Å². The molecule has 2 rings (SSSR count). The van der Waals surface area contributed by atoms with Gasteiger partial charge in [-0.15, -0.1) is 0 Å². The maximum Gasteiger partial charge on any atom is 0.131 e. The van der Waals surface area contributed by atoms with Crippen molar-refractivity contribution in [3.63, 3.8) is 0 Å². The molecule has 0 aromatic heterocycles. The van der Waals surface area contributed by atoms with Gasteiger partial charge in [0.25, 0.3) is 0 Å². The lowest BCUT2D eigenvalue weighted by Crippen LogP contribution is -1.99. The standard InChI is InChI=1S/C16H12ClF2NO/c17-13-4-3-12(16(19)8-13)10-21-15-7-11(2-1-5-20)6-14(18)9-15/h3-4,6-9H,5,10,20H2. The Kier molecular flexibility index (Phi) is 5.15. The van der Waals surface area contributed by atoms with Gasteiger partial charge >= 0.3 is 0 Å². The fourth-order valence-corrected chi connectivity index (χ4v) is 1.83. The summed E-state index contributed by atoms with van der Waals surface area (Å²) in [6.07, 6.45) is 0. The van der Waals surface area contributed by atoms with E-state index < -0.39 is 11.6 Å². The lowest BCUT2D eigenvalue weighted by molar-refractivity contribution is 0.298. The zero-order valence-corrected chi connectivity index (χ0v) is 11.8. The fourth-order valence-electron chi connectivity index (χ4n) is 1.67. The van der Waals surface area contributed by atoms with Crippen molar-refractivity contribution in [1.29, 1.82) is 0 Å². The molecular weight excluding hydrogens is 296 g/mol. The van der Waals surface area contributed by atoms with Crippen molar-refractivity contribution in [1.82, 2.24) is 0 Å². The van der Waals surface area contributed by atoms with Crippen molar-refractivity contribution in [2.24, 2.45) is 5.73 Å². The van der Waals surface area contributed by atoms with E-state index in [4.69, 9.17) is 22.1 Å². The predicted octanol–water partition coefficient (Wildman–Crippen LogP) is 3.51. The van der Waals surface area contributed by atoms with Crippen molar-refractivity contribution in [3.8, 4) is 17.6 Å². The molecule has 2 nitrogen and oxygen atoms in total. The molecule has 0 saturated carbocycles. The van der Waals surface area contributed by atoms with Gasteiger partial charge in [0.15, 0.2) is 0 Å². The van der Waals surface area contributed by atoms with Gasteiger partial charge in [0, 0.05) is 22.2 Å². The van der Waals surface area contributed by atoms with Crippen LogP contribution < -0.4 is 10.5 Å². The molecule has 0 aliphatic carbocycles. The first-order valence-corrected chi connectivity index (χ1v) is 6.52. The van der Waals surface area contributed by atoms with Crippen LogP contribution in [0.25, 0.3) is 0 Å². The summed E-state index contributed by atoms with van der Waals surface area (Å²) in [6.45, 7) is 0.152. The fraction of sp³-hybridized carbons (Fsp3) is 0.125. The average Bonchev–Trinajstić information content (AvgIpc) is 2.43. The third kappa shape index (κ3) is 4.45. The molecule has 0 radical (unpaired) electrons. The van der Waals surface area contributed by atoms with Crippen LogP contribution in [-0.2, 0) is 6.61 Å². The molecule has 0 saturated heterocycles. The van der Waals surface area contributed by atoms with Crippen LogP contribution in [0.5, 0.6) is 5.75 Å². The Balaban J connectivity index is 2.14. The largest absolute Gasteiger partial charge is 0.489 e. The number of benzene rings is 2. The molecule has 108 valence electrons. The first-order valence-electron chi connectivity index (χ1n) is 6.15. The van der Waals surface area contributed by atoms with E-state index in [9.17, 15) is 8.78 Å². The second-order valence-corrected chi connectivity index (χ2v) is 4.64. The highest BCUT2D eigenvalue weighted by atomic mass is 35.5. The lowest BCUT2D eigenvalue weighted by Gasteiger charge is -2.08. The van der Waals surface area contributed by atoms with E-state index in [1.54, 1.807) is 12.1 Å². The summed E-state index contributed by atoms with van der Waals surface area (Å²) in [5.74, 6) is 4.66. The zero-order chi connectivity index (χ0) is 15.2. The van der Waals surface area contributed by atoms with Gasteiger partial charge in [0.05, 0.1) is 6.54 Å². The van der Waals surface area contributed by atoms with Gasteiger partial charge in [-0.25, -0.2) is 8.78 Å². The van der Waals surface area contributed by atoms with Crippen molar-refractivity contribution in [3.05, 3.63) is 64.2 Å². The number of hydrogen-bond donors (Lipinski definition) is 1. The van der Waals surface area contributed by atoms with E-state index in [1.165, 1.54) is 24.3 Å². The highest BCUT2D eigenvalue weighted by molar-refractivity contribution is 6.30. The number of hydrogen-bond acceptors (Lipinski definition) is 2. The highest BCUT2D eigenvalue weighted by Crippen LogP contribution is 2.20. The normalized spacial score (nSPS) is 9.90. The summed E-state index contributed by atoms with van der Waals surface area (Å²) in [4.78, 5) is 0. The Hall–Kier alpha value is -2.09. The minimum absolute atomic E-state index is 0.0315. The van der Waals surface area contributed by atoms with Gasteiger partial charge in [-0.05, 0) is 24.3 Å². The van der Waals surface area contributed by atoms with E-state index in [2.05, 4.69) is 11.8 Å². The number of rotatable bonds is 3. The molecule has 0 fully saturated rings. The van der Waals surface area contributed by atoms with E-state index in [1.807, 2.05) is 0 Å². The molecule has 2 N–H and O–H groups in total. The quantitative estimate of drug-likeness (QED) is 0.881. The summed E-state index contributed by atoms with van der Waals surface area (Å²) in [5, 5.41) is 0.307. The number of nitrogens with two attached hydrogens (primary N) is 1. The molecule has 0 aliphatic heterocycles. The van der Waals surface area contributed by atoms with Crippen LogP contribution >= 0.6 is 11.6 Å². The second kappa shape index (κ2) is 7.07. The van der Waals surface area contributed by atoms with Gasteiger partial charge in [0.2, 0.25) is 0 Å². The van der Waals surface area contributed by atoms with E-state index in [0.717, 1.165) is 0 Å². The van der Waals surface area contributed by atoms with Gasteiger partial charge in [-0.3, -0.25) is 0 Å². The van der Waals surface area contributed by atoms with Crippen molar-refractivity contribution < 1.29 is 13.5 Å². The molecule has 21 heavy (non-hydrogen) atoms. The smallest absolute Gasteiger partial charge is 0.131 e. The SMILES string of the molecule is NCC#Cc1cc(F)cc(OCc2ccc(Cl)cc2F)c1. The zero-order valence-electron chi connectivity index (χ0n) is 11.0. The van der Waals surface area contributed by atoms with Crippen LogP contribution in [0.3, 0.4) is 0 Å². The molecule has 0 atom stereocenters. The summed E-state index contributed by atoms with van der Waals surface area (Å²) in [6, 6.07) is 8.34. The highest BCUT2D eigenvalue weighted by Gasteiger charge is 2.05. The van der Waals surface area contributed by atoms with E-state index in [-0.39, 0.29) is 18.9 Å². The monoisotopic (exact) mass is 307 g/mol. The minimum atomic E-state index is -0.481. The molecule has 0 bridgehead atoms. The maximum absolute atomic E-state index is 13.6. The van der Waals surface area contributed by atoms with E-state index in [0.29, 0.717) is 16.1 Å². The summed E-state index contributed by atoms with van der Waals surface area (Å²) in [7, 11) is 0. The molecule has 2 aromatic carbocycles. The maximum atomic E-state index is 13.6. The van der Waals surface area contributed by atoms with E-state index >= 15 is 0 Å². The molecule has 2 aromatic rings. The molecule has 0 unspecified atom stereocenters. The summed E-state index contributed by atoms with van der Waals surface area (Å²) >= 11 is 5.67. The van der Waals surface area contributed by atoms with Crippen LogP contribution in [-0.4, -0.2) is 6.54 Å². The topological polar surface area (TPSA) is 35.2 Å². The average molecular weight is 308 g/mol. The molecule has 0 aliphatic rings. The van der Waals surface area contributed by atoms with Gasteiger partial charge in [0.1, 0.15) is 24.0 Å². The number of ether oxygens (including phenoxy) is 1. The lowest BCUT2D eigenvalue weighted by atomic mass is 10.2. The second-order valence-electron chi connectivity index (χ2n) is 4.21. The Morgan fingerprint density at radius 1 is 1.14 bits per heavy atom. The van der Waals surface area contributed by atoms with Gasteiger partial charge < -0.3 is 10.5 Å². The van der Waals surface area contributed by atoms with Gasteiger partial charge in [-0.1, -0.05) is 29.5 Å². The van der Waals surface area contributed by atoms with Crippen LogP contribution in [0.2, 0.25) is 5.02 Å². The Labute approximate surface area is 126 Å². The Morgan fingerprint density at radius 2 is 1.95 bits per heavy atom. The van der Waals surface area contributed by atoms with Crippen molar-refractivity contribution >= 4 is 11.6 Å². The molecular formula is C16H12ClF2NO. The number of halogens is 3. The Morgan fingerprint density at radius 3 is 2.67 bits per heavy atom. The van der Waals surface area contributed by atoms with Crippen molar-refractivity contribution in [2.45, 2.75) is 6.61 Å².